The molecular formula is C19H18FN3O3. The zero-order chi connectivity index (χ0) is 18.4. The molecule has 0 saturated carbocycles. The van der Waals surface area contributed by atoms with Gasteiger partial charge in [0, 0.05) is 12.7 Å². The van der Waals surface area contributed by atoms with Crippen molar-refractivity contribution in [2.45, 2.75) is 13.3 Å². The highest BCUT2D eigenvalue weighted by Crippen LogP contribution is 2.17. The normalized spacial score (nSPS) is 10.4. The molecule has 0 spiro atoms. The van der Waals surface area contributed by atoms with Crippen molar-refractivity contribution in [2.24, 2.45) is 0 Å². The lowest BCUT2D eigenvalue weighted by Crippen LogP contribution is -2.23. The van der Waals surface area contributed by atoms with Gasteiger partial charge in [-0.3, -0.25) is 4.79 Å². The van der Waals surface area contributed by atoms with E-state index in [1.54, 1.807) is 55.8 Å². The molecule has 0 saturated heterocycles. The van der Waals surface area contributed by atoms with Gasteiger partial charge in [-0.15, -0.1) is 0 Å². The Kier molecular flexibility index (Phi) is 5.48. The van der Waals surface area contributed by atoms with Gasteiger partial charge in [-0.05, 0) is 48.0 Å². The molecule has 26 heavy (non-hydrogen) atoms. The molecule has 0 radical (unpaired) electrons. The summed E-state index contributed by atoms with van der Waals surface area (Å²) < 4.78 is 25.1. The average Bonchev–Trinajstić information content (AvgIpc) is 3.15. The topological polar surface area (TPSA) is 65.4 Å². The Bertz CT molecular complexity index is 860. The molecular weight excluding hydrogens is 337 g/mol. The molecule has 1 amide bonds. The maximum atomic E-state index is 12.9. The number of methoxy groups -OCH3 is 1. The van der Waals surface area contributed by atoms with E-state index < -0.39 is 0 Å². The number of ether oxygens (including phenoxy) is 2. The van der Waals surface area contributed by atoms with Crippen molar-refractivity contribution in [3.05, 3.63) is 77.9 Å². The minimum absolute atomic E-state index is 0.178. The minimum atomic E-state index is -0.310. The maximum Gasteiger partial charge on any atom is 0.272 e. The van der Waals surface area contributed by atoms with Crippen LogP contribution in [0.4, 0.5) is 4.39 Å². The van der Waals surface area contributed by atoms with Crippen LogP contribution in [0.5, 0.6) is 11.5 Å². The molecule has 1 aromatic heterocycles. The Morgan fingerprint density at radius 3 is 2.46 bits per heavy atom. The zero-order valence-corrected chi connectivity index (χ0v) is 14.2. The van der Waals surface area contributed by atoms with Crippen LogP contribution in [0.2, 0.25) is 0 Å². The lowest BCUT2D eigenvalue weighted by Gasteiger charge is -2.07. The first kappa shape index (κ1) is 17.5. The second-order valence-electron chi connectivity index (χ2n) is 5.50. The number of rotatable bonds is 7. The minimum Gasteiger partial charge on any atom is -0.497 e. The predicted molar refractivity (Wildman–Crippen MR) is 93.4 cm³/mol. The molecule has 2 aromatic carbocycles. The molecule has 0 fully saturated rings. The summed E-state index contributed by atoms with van der Waals surface area (Å²) in [4.78, 5) is 12.1. The van der Waals surface area contributed by atoms with E-state index in [2.05, 4.69) is 10.4 Å². The van der Waals surface area contributed by atoms with Gasteiger partial charge in [0.2, 0.25) is 0 Å². The third-order valence-electron chi connectivity index (χ3n) is 3.66. The molecule has 3 rings (SSSR count). The van der Waals surface area contributed by atoms with Gasteiger partial charge in [0.15, 0.2) is 6.73 Å². The number of carbonyl (C=O) groups excluding carboxylic acids is 1. The number of carbonyl (C=O) groups is 1. The average molecular weight is 355 g/mol. The van der Waals surface area contributed by atoms with Crippen LogP contribution < -0.4 is 14.8 Å². The van der Waals surface area contributed by atoms with Gasteiger partial charge in [-0.25, -0.2) is 9.07 Å². The molecule has 7 heteroatoms. The van der Waals surface area contributed by atoms with E-state index >= 15 is 0 Å². The summed E-state index contributed by atoms with van der Waals surface area (Å²) >= 11 is 0. The number of halogens is 1. The lowest BCUT2D eigenvalue weighted by molar-refractivity contribution is 0.0944. The van der Waals surface area contributed by atoms with E-state index in [4.69, 9.17) is 9.47 Å². The molecule has 3 aromatic rings. The van der Waals surface area contributed by atoms with Crippen LogP contribution in [0.15, 0.2) is 60.8 Å². The second kappa shape index (κ2) is 8.15. The third-order valence-corrected chi connectivity index (χ3v) is 3.66. The molecule has 6 nitrogen and oxygen atoms in total. The molecule has 0 atom stereocenters. The van der Waals surface area contributed by atoms with E-state index in [9.17, 15) is 9.18 Å². The first-order valence-electron chi connectivity index (χ1n) is 7.97. The van der Waals surface area contributed by atoms with Crippen LogP contribution >= 0.6 is 0 Å². The highest BCUT2D eigenvalue weighted by Gasteiger charge is 2.09. The van der Waals surface area contributed by atoms with Crippen molar-refractivity contribution in [1.82, 2.24) is 15.1 Å². The number of nitrogens with zero attached hydrogens (tertiary/aromatic N) is 2. The molecule has 0 aliphatic carbocycles. The first-order chi connectivity index (χ1) is 12.6. The highest BCUT2D eigenvalue weighted by molar-refractivity contribution is 5.92. The second-order valence-corrected chi connectivity index (χ2v) is 5.50. The van der Waals surface area contributed by atoms with Gasteiger partial charge in [-0.2, -0.15) is 5.10 Å². The molecule has 134 valence electrons. The van der Waals surface area contributed by atoms with Crippen LogP contribution in [0.1, 0.15) is 16.1 Å². The van der Waals surface area contributed by atoms with E-state index in [-0.39, 0.29) is 24.1 Å². The highest BCUT2D eigenvalue weighted by atomic mass is 19.1. The summed E-state index contributed by atoms with van der Waals surface area (Å²) in [6.45, 7) is 0.478. The largest absolute Gasteiger partial charge is 0.497 e. The van der Waals surface area contributed by atoms with Gasteiger partial charge >= 0.3 is 0 Å². The Balaban J connectivity index is 1.51. The molecule has 0 aliphatic heterocycles. The van der Waals surface area contributed by atoms with E-state index in [0.717, 1.165) is 11.3 Å². The van der Waals surface area contributed by atoms with Crippen molar-refractivity contribution >= 4 is 5.91 Å². The van der Waals surface area contributed by atoms with E-state index in [1.165, 1.54) is 16.8 Å². The Hall–Kier alpha value is -3.35. The fourth-order valence-electron chi connectivity index (χ4n) is 2.24. The molecule has 0 unspecified atom stereocenters. The van der Waals surface area contributed by atoms with Crippen molar-refractivity contribution in [2.75, 3.05) is 7.11 Å². The lowest BCUT2D eigenvalue weighted by atomic mass is 10.2. The van der Waals surface area contributed by atoms with Crippen LogP contribution in [-0.2, 0) is 13.3 Å². The molecule has 0 bridgehead atoms. The number of aromatic nitrogens is 2. The van der Waals surface area contributed by atoms with E-state index in [1.807, 2.05) is 0 Å². The van der Waals surface area contributed by atoms with Crippen molar-refractivity contribution < 1.29 is 18.7 Å². The summed E-state index contributed by atoms with van der Waals surface area (Å²) in [7, 11) is 1.60. The van der Waals surface area contributed by atoms with Crippen LogP contribution in [0.3, 0.4) is 0 Å². The van der Waals surface area contributed by atoms with Crippen molar-refractivity contribution in [1.29, 1.82) is 0 Å². The Morgan fingerprint density at radius 2 is 1.77 bits per heavy atom. The fraction of sp³-hybridized carbons (Fsp3) is 0.158. The number of hydrogen-bond acceptors (Lipinski definition) is 4. The smallest absolute Gasteiger partial charge is 0.272 e. The van der Waals surface area contributed by atoms with Gasteiger partial charge in [-0.1, -0.05) is 12.1 Å². The summed E-state index contributed by atoms with van der Waals surface area (Å²) in [5.41, 5.74) is 1.09. The van der Waals surface area contributed by atoms with Crippen LogP contribution in [0, 0.1) is 5.82 Å². The van der Waals surface area contributed by atoms with Crippen molar-refractivity contribution in [3.63, 3.8) is 0 Å². The van der Waals surface area contributed by atoms with Gasteiger partial charge < -0.3 is 14.8 Å². The first-order valence-corrected chi connectivity index (χ1v) is 7.97. The standard InChI is InChI=1S/C19H18FN3O3/c1-25-16-6-8-17(9-7-16)26-13-23-11-10-18(22-23)19(24)21-12-14-2-4-15(20)5-3-14/h2-11H,12-13H2,1H3,(H,21,24). The number of hydrogen-bond donors (Lipinski definition) is 1. The van der Waals surface area contributed by atoms with E-state index in [0.29, 0.717) is 12.3 Å². The number of nitrogens with one attached hydrogen (secondary N) is 1. The summed E-state index contributed by atoms with van der Waals surface area (Å²) in [5.74, 6) is 0.799. The maximum absolute atomic E-state index is 12.9. The predicted octanol–water partition coefficient (Wildman–Crippen LogP) is 3.00. The summed E-state index contributed by atoms with van der Waals surface area (Å²) in [6.07, 6.45) is 1.66. The van der Waals surface area contributed by atoms with Crippen molar-refractivity contribution in [3.8, 4) is 11.5 Å². The number of amides is 1. The zero-order valence-electron chi connectivity index (χ0n) is 14.2. The van der Waals surface area contributed by atoms with Crippen LogP contribution in [-0.4, -0.2) is 22.8 Å². The fourth-order valence-corrected chi connectivity index (χ4v) is 2.24. The monoisotopic (exact) mass is 355 g/mol. The Labute approximate surface area is 150 Å². The Morgan fingerprint density at radius 1 is 1.08 bits per heavy atom. The SMILES string of the molecule is COc1ccc(OCn2ccc(C(=O)NCc3ccc(F)cc3)n2)cc1. The molecule has 1 N–H and O–H groups in total. The van der Waals surface area contributed by atoms with Gasteiger partial charge in [0.05, 0.1) is 7.11 Å². The summed E-state index contributed by atoms with van der Waals surface area (Å²) in [5, 5.41) is 6.92. The molecule has 1 heterocycles. The molecule has 0 aliphatic rings. The number of benzene rings is 2. The third kappa shape index (κ3) is 4.60. The quantitative estimate of drug-likeness (QED) is 0.708. The van der Waals surface area contributed by atoms with Crippen LogP contribution in [0.25, 0.3) is 0 Å². The summed E-state index contributed by atoms with van der Waals surface area (Å²) in [6, 6.07) is 14.7. The van der Waals surface area contributed by atoms with Gasteiger partial charge in [0.25, 0.3) is 5.91 Å². The van der Waals surface area contributed by atoms with Gasteiger partial charge in [0.1, 0.15) is 23.0 Å².